The van der Waals surface area contributed by atoms with Gasteiger partial charge in [0, 0.05) is 16.7 Å². The molecule has 1 aliphatic rings. The minimum absolute atomic E-state index is 0.204. The summed E-state index contributed by atoms with van der Waals surface area (Å²) in [6.45, 7) is -0.269. The Morgan fingerprint density at radius 1 is 1.00 bits per heavy atom. The van der Waals surface area contributed by atoms with Gasteiger partial charge in [-0.3, -0.25) is 4.79 Å². The van der Waals surface area contributed by atoms with Crippen LogP contribution in [0.5, 0.6) is 0 Å². The molecule has 2 aromatic carbocycles. The van der Waals surface area contributed by atoms with Crippen LogP contribution in [0.4, 0.5) is 0 Å². The van der Waals surface area contributed by atoms with E-state index in [1.165, 1.54) is 43.7 Å². The number of Topliss-reactive ketones (excluding diaryl/α,β-unsaturated/α-hetero) is 1. The summed E-state index contributed by atoms with van der Waals surface area (Å²) in [5.74, 6) is -0.164. The fraction of sp³-hybridized carbons (Fsp3) is 0.304. The van der Waals surface area contributed by atoms with Gasteiger partial charge in [0.15, 0.2) is 12.4 Å². The van der Waals surface area contributed by atoms with Crippen LogP contribution < -0.4 is 0 Å². The molecule has 2 aromatic rings. The number of benzene rings is 2. The first-order valence-electron chi connectivity index (χ1n) is 9.36. The van der Waals surface area contributed by atoms with Crippen molar-refractivity contribution in [1.82, 2.24) is 0 Å². The summed E-state index contributed by atoms with van der Waals surface area (Å²) < 4.78 is 5.05. The fourth-order valence-electron chi connectivity index (χ4n) is 3.41. The third kappa shape index (κ3) is 5.54. The Balaban J connectivity index is 1.51. The molecule has 0 unspecified atom stereocenters. The number of hydrogen-bond acceptors (Lipinski definition) is 3. The number of esters is 1. The Labute approximate surface area is 165 Å². The van der Waals surface area contributed by atoms with Crippen molar-refractivity contribution >= 4 is 29.4 Å². The van der Waals surface area contributed by atoms with Crippen LogP contribution in [0, 0.1) is 0 Å². The summed E-state index contributed by atoms with van der Waals surface area (Å²) >= 11 is 6.03. The van der Waals surface area contributed by atoms with Crippen molar-refractivity contribution in [3.8, 4) is 0 Å². The summed E-state index contributed by atoms with van der Waals surface area (Å²) in [4.78, 5) is 24.1. The average Bonchev–Trinajstić information content (AvgIpc) is 2.72. The molecule has 4 heteroatoms. The molecule has 0 radical (unpaired) electrons. The fourth-order valence-corrected chi connectivity index (χ4v) is 3.61. The third-order valence-electron chi connectivity index (χ3n) is 4.96. The molecule has 0 amide bonds. The molecule has 0 heterocycles. The van der Waals surface area contributed by atoms with E-state index < -0.39 is 5.97 Å². The summed E-state index contributed by atoms with van der Waals surface area (Å²) in [6, 6.07) is 14.9. The van der Waals surface area contributed by atoms with Gasteiger partial charge in [-0.25, -0.2) is 4.79 Å². The lowest BCUT2D eigenvalue weighted by atomic mass is 9.84. The molecule has 0 bridgehead atoms. The average molecular weight is 383 g/mol. The zero-order valence-corrected chi connectivity index (χ0v) is 16.0. The molecule has 0 saturated heterocycles. The highest BCUT2D eigenvalue weighted by atomic mass is 35.5. The Morgan fingerprint density at radius 2 is 1.70 bits per heavy atom. The third-order valence-corrected chi connectivity index (χ3v) is 5.30. The van der Waals surface area contributed by atoms with E-state index in [1.807, 2.05) is 36.4 Å². The lowest BCUT2D eigenvalue weighted by Gasteiger charge is -2.22. The van der Waals surface area contributed by atoms with E-state index in [4.69, 9.17) is 16.3 Å². The van der Waals surface area contributed by atoms with Gasteiger partial charge >= 0.3 is 5.97 Å². The molecule has 3 rings (SSSR count). The van der Waals surface area contributed by atoms with Gasteiger partial charge < -0.3 is 4.74 Å². The molecule has 1 fully saturated rings. The zero-order valence-electron chi connectivity index (χ0n) is 15.2. The van der Waals surface area contributed by atoms with E-state index in [1.54, 1.807) is 18.2 Å². The van der Waals surface area contributed by atoms with Crippen LogP contribution in [-0.4, -0.2) is 18.4 Å². The number of hydrogen-bond donors (Lipinski definition) is 0. The van der Waals surface area contributed by atoms with Gasteiger partial charge in [0.2, 0.25) is 0 Å². The predicted octanol–water partition coefficient (Wildman–Crippen LogP) is 5.83. The van der Waals surface area contributed by atoms with Gasteiger partial charge in [-0.1, -0.05) is 73.3 Å². The highest BCUT2D eigenvalue weighted by molar-refractivity contribution is 6.32. The lowest BCUT2D eigenvalue weighted by molar-refractivity contribution is -0.136. The molecule has 1 aliphatic carbocycles. The molecule has 0 atom stereocenters. The zero-order chi connectivity index (χ0) is 19.1. The van der Waals surface area contributed by atoms with Crippen LogP contribution in [0.15, 0.2) is 54.6 Å². The molecular formula is C23H23ClO3. The first-order chi connectivity index (χ1) is 13.1. The number of ketones is 1. The van der Waals surface area contributed by atoms with Crippen molar-refractivity contribution in [3.63, 3.8) is 0 Å². The second-order valence-corrected chi connectivity index (χ2v) is 7.25. The van der Waals surface area contributed by atoms with Crippen molar-refractivity contribution in [2.24, 2.45) is 0 Å². The molecule has 0 spiro atoms. The maximum absolute atomic E-state index is 12.2. The Kier molecular flexibility index (Phi) is 6.83. The number of ether oxygens (including phenoxy) is 1. The van der Waals surface area contributed by atoms with E-state index in [-0.39, 0.29) is 12.4 Å². The van der Waals surface area contributed by atoms with E-state index in [0.29, 0.717) is 16.5 Å². The topological polar surface area (TPSA) is 43.4 Å². The Bertz CT molecular complexity index is 818. The van der Waals surface area contributed by atoms with Gasteiger partial charge in [0.25, 0.3) is 0 Å². The normalized spacial score (nSPS) is 15.0. The van der Waals surface area contributed by atoms with Gasteiger partial charge in [-0.2, -0.15) is 0 Å². The predicted molar refractivity (Wildman–Crippen MR) is 108 cm³/mol. The summed E-state index contributed by atoms with van der Waals surface area (Å²) in [6.07, 6.45) is 9.19. The maximum Gasteiger partial charge on any atom is 0.331 e. The smallest absolute Gasteiger partial charge is 0.331 e. The largest absolute Gasteiger partial charge is 0.454 e. The van der Waals surface area contributed by atoms with Crippen molar-refractivity contribution in [3.05, 3.63) is 76.3 Å². The monoisotopic (exact) mass is 382 g/mol. The quantitative estimate of drug-likeness (QED) is 0.359. The molecule has 0 N–H and O–H groups in total. The van der Waals surface area contributed by atoms with Crippen molar-refractivity contribution < 1.29 is 14.3 Å². The van der Waals surface area contributed by atoms with Gasteiger partial charge in [0.1, 0.15) is 0 Å². The van der Waals surface area contributed by atoms with Crippen LogP contribution in [0.1, 0.15) is 59.5 Å². The highest BCUT2D eigenvalue weighted by Crippen LogP contribution is 2.32. The van der Waals surface area contributed by atoms with E-state index in [2.05, 4.69) is 0 Å². The van der Waals surface area contributed by atoms with Crippen LogP contribution in [0.2, 0.25) is 5.02 Å². The van der Waals surface area contributed by atoms with E-state index in [0.717, 1.165) is 5.56 Å². The number of halogens is 1. The maximum atomic E-state index is 12.2. The first kappa shape index (κ1) is 19.4. The lowest BCUT2D eigenvalue weighted by Crippen LogP contribution is -2.13. The number of carbonyl (C=O) groups excluding carboxylic acids is 2. The minimum Gasteiger partial charge on any atom is -0.454 e. The standard InChI is InChI=1S/C23H23ClO3/c24-21-9-5-4-8-19(21)14-15-23(26)27-16-22(25)20-12-10-18(11-13-20)17-6-2-1-3-7-17/h4-5,8-15,17H,1-3,6-7,16H2. The summed E-state index contributed by atoms with van der Waals surface area (Å²) in [7, 11) is 0. The van der Waals surface area contributed by atoms with E-state index >= 15 is 0 Å². The Morgan fingerprint density at radius 3 is 2.41 bits per heavy atom. The van der Waals surface area contributed by atoms with Crippen molar-refractivity contribution in [2.75, 3.05) is 6.61 Å². The van der Waals surface area contributed by atoms with Crippen LogP contribution in [0.25, 0.3) is 6.08 Å². The minimum atomic E-state index is -0.568. The molecule has 0 aromatic heterocycles. The summed E-state index contributed by atoms with van der Waals surface area (Å²) in [5, 5.41) is 0.552. The molecule has 27 heavy (non-hydrogen) atoms. The summed E-state index contributed by atoms with van der Waals surface area (Å²) in [5.41, 5.74) is 2.59. The Hall–Kier alpha value is -2.39. The van der Waals surface area contributed by atoms with Crippen LogP contribution in [0.3, 0.4) is 0 Å². The highest BCUT2D eigenvalue weighted by Gasteiger charge is 2.16. The van der Waals surface area contributed by atoms with Crippen molar-refractivity contribution in [1.29, 1.82) is 0 Å². The first-order valence-corrected chi connectivity index (χ1v) is 9.74. The van der Waals surface area contributed by atoms with Gasteiger partial charge in [-0.05, 0) is 42.0 Å². The molecule has 3 nitrogen and oxygen atoms in total. The molecular weight excluding hydrogens is 360 g/mol. The molecule has 1 saturated carbocycles. The van der Waals surface area contributed by atoms with E-state index in [9.17, 15) is 9.59 Å². The van der Waals surface area contributed by atoms with Gasteiger partial charge in [0.05, 0.1) is 0 Å². The molecule has 0 aliphatic heterocycles. The van der Waals surface area contributed by atoms with Crippen LogP contribution in [-0.2, 0) is 9.53 Å². The van der Waals surface area contributed by atoms with Gasteiger partial charge in [-0.15, -0.1) is 0 Å². The molecule has 140 valence electrons. The second-order valence-electron chi connectivity index (χ2n) is 6.84. The van der Waals surface area contributed by atoms with Crippen molar-refractivity contribution in [2.45, 2.75) is 38.0 Å². The van der Waals surface area contributed by atoms with Crippen LogP contribution >= 0.6 is 11.6 Å². The number of rotatable bonds is 6. The second kappa shape index (κ2) is 9.52. The number of carbonyl (C=O) groups is 2. The SMILES string of the molecule is O=C(C=Cc1ccccc1Cl)OCC(=O)c1ccc(C2CCCCC2)cc1.